The first-order valence-corrected chi connectivity index (χ1v) is 9.36. The monoisotopic (exact) mass is 374 g/mol. The molecule has 0 aliphatic carbocycles. The Balaban J connectivity index is 1.28. The van der Waals surface area contributed by atoms with Crippen LogP contribution >= 0.6 is 0 Å². The number of carbonyl (C=O) groups excluding carboxylic acids is 1. The van der Waals surface area contributed by atoms with Gasteiger partial charge in [0.15, 0.2) is 0 Å². The van der Waals surface area contributed by atoms with E-state index in [0.29, 0.717) is 5.56 Å². The fourth-order valence-corrected chi connectivity index (χ4v) is 3.25. The third-order valence-electron chi connectivity index (χ3n) is 4.86. The summed E-state index contributed by atoms with van der Waals surface area (Å²) in [5.41, 5.74) is 2.73. The molecule has 0 atom stereocenters. The van der Waals surface area contributed by atoms with Crippen LogP contribution in [0, 0.1) is 0 Å². The minimum atomic E-state index is 0.0720. The van der Waals surface area contributed by atoms with E-state index in [-0.39, 0.29) is 5.91 Å². The average Bonchev–Trinajstić information content (AvgIpc) is 3.30. The van der Waals surface area contributed by atoms with Crippen molar-refractivity contribution in [2.45, 2.75) is 0 Å². The predicted octanol–water partition coefficient (Wildman–Crippen LogP) is 2.13. The van der Waals surface area contributed by atoms with Crippen molar-refractivity contribution in [2.75, 3.05) is 32.7 Å². The van der Waals surface area contributed by atoms with Gasteiger partial charge in [0.2, 0.25) is 0 Å². The predicted molar refractivity (Wildman–Crippen MR) is 107 cm³/mol. The summed E-state index contributed by atoms with van der Waals surface area (Å²) in [6.45, 7) is 4.15. The molecule has 142 valence electrons. The summed E-state index contributed by atoms with van der Waals surface area (Å²) in [6, 6.07) is 17.7. The van der Waals surface area contributed by atoms with Gasteiger partial charge in [-0.2, -0.15) is 0 Å². The number of aromatic nitrogens is 4. The molecule has 0 bridgehead atoms. The Bertz CT molecular complexity index is 913. The molecule has 1 fully saturated rings. The number of nitrogens with zero attached hydrogens (tertiary/aromatic N) is 6. The van der Waals surface area contributed by atoms with Crippen LogP contribution in [-0.2, 0) is 0 Å². The summed E-state index contributed by atoms with van der Waals surface area (Å²) in [5, 5.41) is 11.1. The van der Waals surface area contributed by atoms with Gasteiger partial charge in [0.25, 0.3) is 5.91 Å². The summed E-state index contributed by atoms with van der Waals surface area (Å²) in [4.78, 5) is 17.0. The van der Waals surface area contributed by atoms with Crippen LogP contribution in [0.25, 0.3) is 11.8 Å². The van der Waals surface area contributed by atoms with Gasteiger partial charge < -0.3 is 4.90 Å². The van der Waals surface area contributed by atoms with E-state index in [1.54, 1.807) is 4.68 Å². The molecule has 1 aliphatic rings. The van der Waals surface area contributed by atoms with E-state index >= 15 is 0 Å². The van der Waals surface area contributed by atoms with Crippen molar-refractivity contribution >= 4 is 12.0 Å². The molecule has 1 aromatic heterocycles. The maximum absolute atomic E-state index is 12.7. The first-order chi connectivity index (χ1) is 13.8. The number of benzene rings is 2. The number of hydrogen-bond donors (Lipinski definition) is 0. The first-order valence-electron chi connectivity index (χ1n) is 9.36. The molecule has 1 aliphatic heterocycles. The zero-order valence-corrected chi connectivity index (χ0v) is 15.6. The van der Waals surface area contributed by atoms with Crippen molar-refractivity contribution in [3.63, 3.8) is 0 Å². The van der Waals surface area contributed by atoms with Gasteiger partial charge in [-0.15, -0.1) is 5.10 Å². The van der Waals surface area contributed by atoms with Gasteiger partial charge in [-0.25, -0.2) is 4.68 Å². The molecular formula is C21H22N6O. The van der Waals surface area contributed by atoms with Crippen molar-refractivity contribution in [2.24, 2.45) is 0 Å². The zero-order chi connectivity index (χ0) is 19.2. The van der Waals surface area contributed by atoms with E-state index in [2.05, 4.69) is 44.7 Å². The number of carbonyl (C=O) groups is 1. The summed E-state index contributed by atoms with van der Waals surface area (Å²) < 4.78 is 1.57. The lowest BCUT2D eigenvalue weighted by Gasteiger charge is -2.34. The van der Waals surface area contributed by atoms with Crippen molar-refractivity contribution in [3.05, 3.63) is 78.1 Å². The molecule has 0 saturated carbocycles. The molecule has 7 heteroatoms. The van der Waals surface area contributed by atoms with E-state index in [0.717, 1.165) is 38.4 Å². The molecule has 4 rings (SSSR count). The second-order valence-electron chi connectivity index (χ2n) is 6.71. The van der Waals surface area contributed by atoms with Gasteiger partial charge in [-0.1, -0.05) is 42.5 Å². The van der Waals surface area contributed by atoms with Crippen LogP contribution in [0.2, 0.25) is 0 Å². The lowest BCUT2D eigenvalue weighted by molar-refractivity contribution is 0.0650. The maximum Gasteiger partial charge on any atom is 0.253 e. The quantitative estimate of drug-likeness (QED) is 0.684. The van der Waals surface area contributed by atoms with Gasteiger partial charge in [-0.3, -0.25) is 9.69 Å². The summed E-state index contributed by atoms with van der Waals surface area (Å²) in [5.74, 6) is 0.0720. The van der Waals surface area contributed by atoms with E-state index in [1.165, 1.54) is 11.9 Å². The SMILES string of the molecule is O=C(c1ccc(-n2cnnn2)cc1)N1CCN(CC=Cc2ccccc2)CC1. The van der Waals surface area contributed by atoms with Crippen LogP contribution < -0.4 is 0 Å². The largest absolute Gasteiger partial charge is 0.336 e. The van der Waals surface area contributed by atoms with Crippen LogP contribution in [0.3, 0.4) is 0 Å². The number of rotatable bonds is 5. The Morgan fingerprint density at radius 1 is 0.964 bits per heavy atom. The van der Waals surface area contributed by atoms with Gasteiger partial charge in [0, 0.05) is 38.3 Å². The molecule has 0 unspecified atom stereocenters. The molecule has 1 amide bonds. The van der Waals surface area contributed by atoms with Gasteiger partial charge in [-0.05, 0) is 40.3 Å². The van der Waals surface area contributed by atoms with E-state index in [1.807, 2.05) is 47.4 Å². The van der Waals surface area contributed by atoms with Crippen molar-refractivity contribution < 1.29 is 4.79 Å². The molecule has 2 heterocycles. The number of hydrogen-bond acceptors (Lipinski definition) is 5. The molecule has 0 radical (unpaired) electrons. The second kappa shape index (κ2) is 8.58. The van der Waals surface area contributed by atoms with Crippen LogP contribution in [-0.4, -0.2) is 68.6 Å². The Morgan fingerprint density at radius 3 is 2.39 bits per heavy atom. The first kappa shape index (κ1) is 18.1. The van der Waals surface area contributed by atoms with Gasteiger partial charge in [0.1, 0.15) is 6.33 Å². The van der Waals surface area contributed by atoms with Gasteiger partial charge in [0.05, 0.1) is 5.69 Å². The maximum atomic E-state index is 12.7. The third kappa shape index (κ3) is 4.32. The lowest BCUT2D eigenvalue weighted by Crippen LogP contribution is -2.48. The summed E-state index contributed by atoms with van der Waals surface area (Å²) in [6.07, 6.45) is 5.86. The fourth-order valence-electron chi connectivity index (χ4n) is 3.25. The van der Waals surface area contributed by atoms with Crippen molar-refractivity contribution in [3.8, 4) is 5.69 Å². The molecule has 0 spiro atoms. The molecule has 0 N–H and O–H groups in total. The molecule has 7 nitrogen and oxygen atoms in total. The highest BCUT2D eigenvalue weighted by Gasteiger charge is 2.21. The highest BCUT2D eigenvalue weighted by atomic mass is 16.2. The van der Waals surface area contributed by atoms with E-state index in [9.17, 15) is 4.79 Å². The Labute approximate surface area is 163 Å². The van der Waals surface area contributed by atoms with Crippen molar-refractivity contribution in [1.82, 2.24) is 30.0 Å². The highest BCUT2D eigenvalue weighted by Crippen LogP contribution is 2.12. The van der Waals surface area contributed by atoms with Crippen LogP contribution in [0.4, 0.5) is 0 Å². The Hall–Kier alpha value is -3.32. The molecular weight excluding hydrogens is 352 g/mol. The van der Waals surface area contributed by atoms with E-state index in [4.69, 9.17) is 0 Å². The van der Waals surface area contributed by atoms with Crippen LogP contribution in [0.5, 0.6) is 0 Å². The highest BCUT2D eigenvalue weighted by molar-refractivity contribution is 5.94. The lowest BCUT2D eigenvalue weighted by atomic mass is 10.1. The Kier molecular flexibility index (Phi) is 5.53. The number of piperazine rings is 1. The van der Waals surface area contributed by atoms with Gasteiger partial charge >= 0.3 is 0 Å². The number of amides is 1. The standard InChI is InChI=1S/C21H22N6O/c28-21(19-8-10-20(11-9-19)27-17-22-23-24-27)26-15-13-25(14-16-26)12-4-7-18-5-2-1-3-6-18/h1-11,17H,12-16H2. The molecule has 1 saturated heterocycles. The third-order valence-corrected chi connectivity index (χ3v) is 4.86. The van der Waals surface area contributed by atoms with E-state index < -0.39 is 0 Å². The average molecular weight is 374 g/mol. The minimum absolute atomic E-state index is 0.0720. The Morgan fingerprint density at radius 2 is 1.71 bits per heavy atom. The molecule has 2 aromatic carbocycles. The summed E-state index contributed by atoms with van der Waals surface area (Å²) >= 11 is 0. The van der Waals surface area contributed by atoms with Crippen molar-refractivity contribution in [1.29, 1.82) is 0 Å². The second-order valence-corrected chi connectivity index (χ2v) is 6.71. The normalized spacial score (nSPS) is 15.2. The smallest absolute Gasteiger partial charge is 0.253 e. The zero-order valence-electron chi connectivity index (χ0n) is 15.6. The topological polar surface area (TPSA) is 67.2 Å². The molecule has 3 aromatic rings. The molecule has 28 heavy (non-hydrogen) atoms. The minimum Gasteiger partial charge on any atom is -0.336 e. The number of tetrazole rings is 1. The van der Waals surface area contributed by atoms with Crippen LogP contribution in [0.1, 0.15) is 15.9 Å². The van der Waals surface area contributed by atoms with Crippen LogP contribution in [0.15, 0.2) is 67.0 Å². The fraction of sp³-hybridized carbons (Fsp3) is 0.238. The summed E-state index contributed by atoms with van der Waals surface area (Å²) in [7, 11) is 0.